The van der Waals surface area contributed by atoms with E-state index in [4.69, 9.17) is 11.6 Å². The Labute approximate surface area is 108 Å². The van der Waals surface area contributed by atoms with Gasteiger partial charge in [-0.25, -0.2) is 9.37 Å². The second-order valence-electron chi connectivity index (χ2n) is 3.93. The highest BCUT2D eigenvalue weighted by atomic mass is 79.9. The van der Waals surface area contributed by atoms with Crippen molar-refractivity contribution in [3.8, 4) is 0 Å². The maximum atomic E-state index is 13.8. The van der Waals surface area contributed by atoms with Crippen LogP contribution in [0.25, 0.3) is 0 Å². The summed E-state index contributed by atoms with van der Waals surface area (Å²) in [6.45, 7) is 0.651. The molecular formula is C11H13BrClFN2. The largest absolute Gasteiger partial charge is 0.350 e. The van der Waals surface area contributed by atoms with Crippen molar-refractivity contribution in [2.24, 2.45) is 0 Å². The van der Waals surface area contributed by atoms with E-state index in [0.29, 0.717) is 28.8 Å². The Hall–Kier alpha value is -0.350. The molecule has 0 aliphatic heterocycles. The van der Waals surface area contributed by atoms with E-state index in [2.05, 4.69) is 20.9 Å². The maximum absolute atomic E-state index is 13.8. The average molecular weight is 308 g/mol. The summed E-state index contributed by atoms with van der Waals surface area (Å²) >= 11 is 8.96. The van der Waals surface area contributed by atoms with E-state index in [1.807, 2.05) is 4.90 Å². The summed E-state index contributed by atoms with van der Waals surface area (Å²) in [5.41, 5.74) is 0. The summed E-state index contributed by atoms with van der Waals surface area (Å²) in [6.07, 6.45) is 5.04. The molecule has 0 bridgehead atoms. The van der Waals surface area contributed by atoms with Crippen LogP contribution in [0, 0.1) is 5.82 Å². The second kappa shape index (κ2) is 5.32. The quantitative estimate of drug-likeness (QED) is 0.790. The van der Waals surface area contributed by atoms with Crippen molar-refractivity contribution in [2.45, 2.75) is 25.3 Å². The Morgan fingerprint density at radius 1 is 1.56 bits per heavy atom. The standard InChI is InChI=1S/C11H13BrClFN2/c12-8-6-10(14)11(15-7-8)16(5-4-13)9-2-1-3-9/h6-7,9H,1-5H2. The SMILES string of the molecule is Fc1cc(Br)cnc1N(CCCl)C1CCC1. The summed E-state index contributed by atoms with van der Waals surface area (Å²) in [5, 5.41) is 0. The summed E-state index contributed by atoms with van der Waals surface area (Å²) in [6, 6.07) is 1.85. The fourth-order valence-electron chi connectivity index (χ4n) is 1.87. The molecule has 16 heavy (non-hydrogen) atoms. The van der Waals surface area contributed by atoms with Gasteiger partial charge in [0.2, 0.25) is 0 Å². The molecular weight excluding hydrogens is 294 g/mol. The topological polar surface area (TPSA) is 16.1 Å². The van der Waals surface area contributed by atoms with Crippen molar-refractivity contribution in [1.82, 2.24) is 4.98 Å². The third kappa shape index (κ3) is 2.48. The summed E-state index contributed by atoms with van der Waals surface area (Å²) in [5.74, 6) is 0.633. The van der Waals surface area contributed by atoms with E-state index < -0.39 is 0 Å². The molecule has 0 amide bonds. The number of hydrogen-bond acceptors (Lipinski definition) is 2. The van der Waals surface area contributed by atoms with Crippen LogP contribution >= 0.6 is 27.5 Å². The first kappa shape index (κ1) is 12.1. The van der Waals surface area contributed by atoms with Gasteiger partial charge in [-0.15, -0.1) is 11.6 Å². The van der Waals surface area contributed by atoms with Crippen LogP contribution in [0.3, 0.4) is 0 Å². The van der Waals surface area contributed by atoms with Gasteiger partial charge in [-0.1, -0.05) is 0 Å². The lowest BCUT2D eigenvalue weighted by molar-refractivity contribution is 0.384. The van der Waals surface area contributed by atoms with E-state index in [0.717, 1.165) is 12.8 Å². The molecule has 0 atom stereocenters. The molecule has 0 spiro atoms. The molecule has 0 saturated heterocycles. The number of alkyl halides is 1. The van der Waals surface area contributed by atoms with E-state index in [-0.39, 0.29) is 5.82 Å². The van der Waals surface area contributed by atoms with Gasteiger partial charge in [0.15, 0.2) is 11.6 Å². The van der Waals surface area contributed by atoms with Crippen LogP contribution < -0.4 is 4.90 Å². The molecule has 1 aromatic heterocycles. The molecule has 1 saturated carbocycles. The summed E-state index contributed by atoms with van der Waals surface area (Å²) in [7, 11) is 0. The fraction of sp³-hybridized carbons (Fsp3) is 0.545. The van der Waals surface area contributed by atoms with Gasteiger partial charge in [0.25, 0.3) is 0 Å². The summed E-state index contributed by atoms with van der Waals surface area (Å²) in [4.78, 5) is 6.13. The van der Waals surface area contributed by atoms with E-state index in [1.54, 1.807) is 6.20 Å². The molecule has 88 valence electrons. The lowest BCUT2D eigenvalue weighted by atomic mass is 9.91. The van der Waals surface area contributed by atoms with E-state index in [9.17, 15) is 4.39 Å². The first-order chi connectivity index (χ1) is 7.72. The van der Waals surface area contributed by atoms with Crippen LogP contribution in [-0.4, -0.2) is 23.5 Å². The van der Waals surface area contributed by atoms with Crippen LogP contribution in [0.5, 0.6) is 0 Å². The highest BCUT2D eigenvalue weighted by Crippen LogP contribution is 2.30. The second-order valence-corrected chi connectivity index (χ2v) is 5.22. The number of aromatic nitrogens is 1. The molecule has 0 unspecified atom stereocenters. The summed E-state index contributed by atoms with van der Waals surface area (Å²) < 4.78 is 14.4. The predicted molar refractivity (Wildman–Crippen MR) is 67.6 cm³/mol. The van der Waals surface area contributed by atoms with Gasteiger partial charge in [-0.2, -0.15) is 0 Å². The number of pyridine rings is 1. The molecule has 1 fully saturated rings. The van der Waals surface area contributed by atoms with Gasteiger partial charge in [0.1, 0.15) is 0 Å². The molecule has 1 aromatic rings. The fourth-order valence-corrected chi connectivity index (χ4v) is 2.35. The van der Waals surface area contributed by atoms with Gasteiger partial charge in [-0.05, 0) is 41.3 Å². The molecule has 1 aliphatic rings. The number of halogens is 3. The Balaban J connectivity index is 2.23. The molecule has 0 aromatic carbocycles. The van der Waals surface area contributed by atoms with Crippen LogP contribution in [0.4, 0.5) is 10.2 Å². The van der Waals surface area contributed by atoms with Crippen LogP contribution in [-0.2, 0) is 0 Å². The lowest BCUT2D eigenvalue weighted by Gasteiger charge is -2.38. The zero-order valence-corrected chi connectivity index (χ0v) is 11.1. The van der Waals surface area contributed by atoms with Gasteiger partial charge in [0.05, 0.1) is 0 Å². The van der Waals surface area contributed by atoms with Crippen molar-refractivity contribution in [3.63, 3.8) is 0 Å². The van der Waals surface area contributed by atoms with Gasteiger partial charge in [0, 0.05) is 29.1 Å². The van der Waals surface area contributed by atoms with Crippen molar-refractivity contribution >= 4 is 33.3 Å². The predicted octanol–water partition coefficient (Wildman–Crippen LogP) is 3.58. The third-order valence-electron chi connectivity index (χ3n) is 2.90. The van der Waals surface area contributed by atoms with Crippen LogP contribution in [0.15, 0.2) is 16.7 Å². The van der Waals surface area contributed by atoms with E-state index in [1.165, 1.54) is 12.5 Å². The minimum Gasteiger partial charge on any atom is -0.350 e. The Morgan fingerprint density at radius 3 is 2.81 bits per heavy atom. The van der Waals surface area contributed by atoms with Crippen molar-refractivity contribution in [3.05, 3.63) is 22.6 Å². The lowest BCUT2D eigenvalue weighted by Crippen LogP contribution is -2.42. The Bertz CT molecular complexity index is 371. The smallest absolute Gasteiger partial charge is 0.166 e. The van der Waals surface area contributed by atoms with Gasteiger partial charge in [-0.3, -0.25) is 0 Å². The number of hydrogen-bond donors (Lipinski definition) is 0. The van der Waals surface area contributed by atoms with Crippen LogP contribution in [0.1, 0.15) is 19.3 Å². The molecule has 1 heterocycles. The van der Waals surface area contributed by atoms with Crippen molar-refractivity contribution in [2.75, 3.05) is 17.3 Å². The molecule has 2 nitrogen and oxygen atoms in total. The highest BCUT2D eigenvalue weighted by Gasteiger charge is 2.27. The van der Waals surface area contributed by atoms with Gasteiger partial charge >= 0.3 is 0 Å². The third-order valence-corrected chi connectivity index (χ3v) is 3.50. The Kier molecular flexibility index (Phi) is 4.03. The monoisotopic (exact) mass is 306 g/mol. The molecule has 5 heteroatoms. The van der Waals surface area contributed by atoms with Crippen molar-refractivity contribution in [1.29, 1.82) is 0 Å². The molecule has 0 N–H and O–H groups in total. The zero-order chi connectivity index (χ0) is 11.5. The number of nitrogens with zero attached hydrogens (tertiary/aromatic N) is 2. The molecule has 1 aliphatic carbocycles. The minimum atomic E-state index is -0.286. The zero-order valence-electron chi connectivity index (χ0n) is 8.80. The van der Waals surface area contributed by atoms with Crippen LogP contribution in [0.2, 0.25) is 0 Å². The van der Waals surface area contributed by atoms with Gasteiger partial charge < -0.3 is 4.90 Å². The molecule has 0 radical (unpaired) electrons. The first-order valence-electron chi connectivity index (χ1n) is 5.36. The Morgan fingerprint density at radius 2 is 2.31 bits per heavy atom. The normalized spacial score (nSPS) is 15.9. The minimum absolute atomic E-state index is 0.286. The average Bonchev–Trinajstić information content (AvgIpc) is 2.14. The number of anilines is 1. The molecule has 2 rings (SSSR count). The first-order valence-corrected chi connectivity index (χ1v) is 6.69. The van der Waals surface area contributed by atoms with Crippen molar-refractivity contribution < 1.29 is 4.39 Å². The number of rotatable bonds is 4. The highest BCUT2D eigenvalue weighted by molar-refractivity contribution is 9.10. The van der Waals surface area contributed by atoms with E-state index >= 15 is 0 Å². The maximum Gasteiger partial charge on any atom is 0.166 e.